The van der Waals surface area contributed by atoms with Crippen LogP contribution in [0.1, 0.15) is 12.0 Å². The Morgan fingerprint density at radius 2 is 2.18 bits per heavy atom. The third-order valence-corrected chi connectivity index (χ3v) is 2.41. The molecule has 1 amide bonds. The summed E-state index contributed by atoms with van der Waals surface area (Å²) in [6.45, 7) is 1.78. The maximum absolute atomic E-state index is 11.6. The molecule has 0 saturated heterocycles. The average molecular weight is 257 g/mol. The molecule has 0 aliphatic carbocycles. The van der Waals surface area contributed by atoms with Gasteiger partial charge in [0, 0.05) is 10.7 Å². The van der Waals surface area contributed by atoms with Gasteiger partial charge in [0.15, 0.2) is 0 Å². The molecule has 1 aromatic carbocycles. The molecule has 1 rings (SSSR count). The molecule has 0 fully saturated rings. The number of anilines is 1. The van der Waals surface area contributed by atoms with Gasteiger partial charge in [-0.1, -0.05) is 11.6 Å². The molecule has 0 heterocycles. The van der Waals surface area contributed by atoms with E-state index in [4.69, 9.17) is 22.4 Å². The Labute approximate surface area is 104 Å². The van der Waals surface area contributed by atoms with Crippen LogP contribution in [0.3, 0.4) is 0 Å². The van der Waals surface area contributed by atoms with E-state index in [0.29, 0.717) is 10.7 Å². The topological polar surface area (TPSA) is 92.4 Å². The third kappa shape index (κ3) is 4.05. The fourth-order valence-electron chi connectivity index (χ4n) is 1.27. The number of carboxylic acids is 1. The molecule has 92 valence electrons. The number of hydrogen-bond acceptors (Lipinski definition) is 3. The SMILES string of the molecule is Cc1cc(Cl)ccc1NC(=O)C(N)CC(=O)O. The van der Waals surface area contributed by atoms with Gasteiger partial charge in [0.1, 0.15) is 0 Å². The Morgan fingerprint density at radius 3 is 2.71 bits per heavy atom. The van der Waals surface area contributed by atoms with E-state index in [9.17, 15) is 9.59 Å². The van der Waals surface area contributed by atoms with Crippen molar-refractivity contribution in [2.45, 2.75) is 19.4 Å². The maximum Gasteiger partial charge on any atom is 0.305 e. The summed E-state index contributed by atoms with van der Waals surface area (Å²) in [4.78, 5) is 22.0. The minimum absolute atomic E-state index is 0.404. The summed E-state index contributed by atoms with van der Waals surface area (Å²) in [6, 6.07) is 3.90. The highest BCUT2D eigenvalue weighted by molar-refractivity contribution is 6.30. The predicted octanol–water partition coefficient (Wildman–Crippen LogP) is 1.39. The first-order valence-electron chi connectivity index (χ1n) is 4.94. The van der Waals surface area contributed by atoms with Crippen molar-refractivity contribution < 1.29 is 14.7 Å². The number of carbonyl (C=O) groups is 2. The fraction of sp³-hybridized carbons (Fsp3) is 0.273. The number of aryl methyl sites for hydroxylation is 1. The Morgan fingerprint density at radius 1 is 1.53 bits per heavy atom. The van der Waals surface area contributed by atoms with Crippen molar-refractivity contribution in [1.82, 2.24) is 0 Å². The zero-order valence-electron chi connectivity index (χ0n) is 9.24. The zero-order valence-corrected chi connectivity index (χ0v) is 9.99. The molecule has 0 saturated carbocycles. The van der Waals surface area contributed by atoms with Crippen LogP contribution in [0.4, 0.5) is 5.69 Å². The highest BCUT2D eigenvalue weighted by atomic mass is 35.5. The molecule has 4 N–H and O–H groups in total. The van der Waals surface area contributed by atoms with Crippen LogP contribution < -0.4 is 11.1 Å². The van der Waals surface area contributed by atoms with Gasteiger partial charge in [-0.05, 0) is 30.7 Å². The number of rotatable bonds is 4. The first-order chi connectivity index (χ1) is 7.90. The lowest BCUT2D eigenvalue weighted by Crippen LogP contribution is -2.37. The number of benzene rings is 1. The summed E-state index contributed by atoms with van der Waals surface area (Å²) in [5.41, 5.74) is 6.78. The number of nitrogens with one attached hydrogen (secondary N) is 1. The highest BCUT2D eigenvalue weighted by Crippen LogP contribution is 2.19. The third-order valence-electron chi connectivity index (χ3n) is 2.18. The number of nitrogens with two attached hydrogens (primary N) is 1. The van der Waals surface area contributed by atoms with Crippen LogP contribution in [0.5, 0.6) is 0 Å². The molecule has 0 spiro atoms. The summed E-state index contributed by atoms with van der Waals surface area (Å²) in [5, 5.41) is 11.6. The van der Waals surface area contributed by atoms with Crippen molar-refractivity contribution in [2.75, 3.05) is 5.32 Å². The summed E-state index contributed by atoms with van der Waals surface area (Å²) in [6.07, 6.45) is -0.404. The Hall–Kier alpha value is -1.59. The lowest BCUT2D eigenvalue weighted by atomic mass is 10.1. The minimum Gasteiger partial charge on any atom is -0.481 e. The van der Waals surface area contributed by atoms with Gasteiger partial charge < -0.3 is 16.2 Å². The molecule has 0 radical (unpaired) electrons. The number of hydrogen-bond donors (Lipinski definition) is 3. The number of amides is 1. The Balaban J connectivity index is 2.71. The second-order valence-corrected chi connectivity index (χ2v) is 4.09. The van der Waals surface area contributed by atoms with Gasteiger partial charge in [0.25, 0.3) is 0 Å². The van der Waals surface area contributed by atoms with E-state index in [2.05, 4.69) is 5.32 Å². The van der Waals surface area contributed by atoms with Crippen LogP contribution >= 0.6 is 11.6 Å². The number of halogens is 1. The molecule has 1 unspecified atom stereocenters. The molecular formula is C11H13ClN2O3. The van der Waals surface area contributed by atoms with Crippen molar-refractivity contribution >= 4 is 29.2 Å². The van der Waals surface area contributed by atoms with Gasteiger partial charge in [-0.3, -0.25) is 9.59 Å². The van der Waals surface area contributed by atoms with Crippen LogP contribution in [0.2, 0.25) is 5.02 Å². The average Bonchev–Trinajstić information content (AvgIpc) is 2.21. The van der Waals surface area contributed by atoms with Crippen LogP contribution in [-0.2, 0) is 9.59 Å². The molecule has 1 aromatic rings. The molecular weight excluding hydrogens is 244 g/mol. The van der Waals surface area contributed by atoms with Crippen molar-refractivity contribution in [3.8, 4) is 0 Å². The number of carboxylic acid groups (broad SMARTS) is 1. The van der Waals surface area contributed by atoms with E-state index in [1.54, 1.807) is 25.1 Å². The Bertz CT molecular complexity index is 448. The van der Waals surface area contributed by atoms with Crippen molar-refractivity contribution in [1.29, 1.82) is 0 Å². The molecule has 6 heteroatoms. The van der Waals surface area contributed by atoms with Crippen molar-refractivity contribution in [3.05, 3.63) is 28.8 Å². The van der Waals surface area contributed by atoms with Gasteiger partial charge in [0.05, 0.1) is 12.5 Å². The fourth-order valence-corrected chi connectivity index (χ4v) is 1.50. The molecule has 17 heavy (non-hydrogen) atoms. The number of carbonyl (C=O) groups excluding carboxylic acids is 1. The first-order valence-corrected chi connectivity index (χ1v) is 5.32. The van der Waals surface area contributed by atoms with Crippen LogP contribution in [0, 0.1) is 6.92 Å². The smallest absolute Gasteiger partial charge is 0.305 e. The first kappa shape index (κ1) is 13.5. The minimum atomic E-state index is -1.11. The van der Waals surface area contributed by atoms with Crippen LogP contribution in [0.15, 0.2) is 18.2 Å². The quantitative estimate of drug-likeness (QED) is 0.759. The summed E-state index contributed by atoms with van der Waals surface area (Å²) >= 11 is 5.77. The van der Waals surface area contributed by atoms with E-state index >= 15 is 0 Å². The van der Waals surface area contributed by atoms with E-state index < -0.39 is 24.3 Å². The normalized spacial score (nSPS) is 11.9. The van der Waals surface area contributed by atoms with Crippen LogP contribution in [-0.4, -0.2) is 23.0 Å². The zero-order chi connectivity index (χ0) is 13.0. The van der Waals surface area contributed by atoms with E-state index in [1.807, 2.05) is 0 Å². The molecule has 0 aliphatic rings. The molecule has 5 nitrogen and oxygen atoms in total. The van der Waals surface area contributed by atoms with Gasteiger partial charge >= 0.3 is 5.97 Å². The largest absolute Gasteiger partial charge is 0.481 e. The van der Waals surface area contributed by atoms with Crippen molar-refractivity contribution in [3.63, 3.8) is 0 Å². The van der Waals surface area contributed by atoms with Gasteiger partial charge in [-0.2, -0.15) is 0 Å². The lowest BCUT2D eigenvalue weighted by Gasteiger charge is -2.12. The predicted molar refractivity (Wildman–Crippen MR) is 65.0 cm³/mol. The van der Waals surface area contributed by atoms with E-state index in [1.165, 1.54) is 0 Å². The lowest BCUT2D eigenvalue weighted by molar-refractivity contribution is -0.138. The Kier molecular flexibility index (Phi) is 4.48. The van der Waals surface area contributed by atoms with E-state index in [-0.39, 0.29) is 0 Å². The van der Waals surface area contributed by atoms with E-state index in [0.717, 1.165) is 5.56 Å². The summed E-state index contributed by atoms with van der Waals surface area (Å²) < 4.78 is 0. The van der Waals surface area contributed by atoms with Crippen molar-refractivity contribution in [2.24, 2.45) is 5.73 Å². The molecule has 1 atom stereocenters. The van der Waals surface area contributed by atoms with Gasteiger partial charge in [-0.15, -0.1) is 0 Å². The molecule has 0 bridgehead atoms. The summed E-state index contributed by atoms with van der Waals surface area (Å²) in [5.74, 6) is -1.64. The molecule has 0 aromatic heterocycles. The maximum atomic E-state index is 11.6. The van der Waals surface area contributed by atoms with Gasteiger partial charge in [-0.25, -0.2) is 0 Å². The second kappa shape index (κ2) is 5.65. The summed E-state index contributed by atoms with van der Waals surface area (Å²) in [7, 11) is 0. The number of aliphatic carboxylic acids is 1. The van der Waals surface area contributed by atoms with Crippen LogP contribution in [0.25, 0.3) is 0 Å². The standard InChI is InChI=1S/C11H13ClN2O3/c1-6-4-7(12)2-3-9(6)14-11(17)8(13)5-10(15)16/h2-4,8H,5,13H2,1H3,(H,14,17)(H,15,16). The monoisotopic (exact) mass is 256 g/mol. The second-order valence-electron chi connectivity index (χ2n) is 3.65. The highest BCUT2D eigenvalue weighted by Gasteiger charge is 2.17. The molecule has 0 aliphatic heterocycles. The van der Waals surface area contributed by atoms with Gasteiger partial charge in [0.2, 0.25) is 5.91 Å².